The first kappa shape index (κ1) is 9.96. The minimum Gasteiger partial charge on any atom is -0.396 e. The second kappa shape index (κ2) is 5.51. The highest BCUT2D eigenvalue weighted by Crippen LogP contribution is 2.04. The molecule has 3 heteroatoms. The van der Waals surface area contributed by atoms with Gasteiger partial charge in [0.25, 0.3) is 0 Å². The molecule has 72 valence electrons. The van der Waals surface area contributed by atoms with Gasteiger partial charge < -0.3 is 15.3 Å². The lowest BCUT2D eigenvalue weighted by Crippen LogP contribution is -2.45. The summed E-state index contributed by atoms with van der Waals surface area (Å²) < 4.78 is 0. The van der Waals surface area contributed by atoms with Crippen LogP contribution in [-0.4, -0.2) is 49.3 Å². The van der Waals surface area contributed by atoms with Gasteiger partial charge in [-0.1, -0.05) is 6.92 Å². The Balaban J connectivity index is 2.18. The Bertz CT molecular complexity index is 109. The summed E-state index contributed by atoms with van der Waals surface area (Å²) in [4.78, 5) is 2.43. The molecule has 0 spiro atoms. The van der Waals surface area contributed by atoms with E-state index in [9.17, 15) is 0 Å². The van der Waals surface area contributed by atoms with Crippen LogP contribution >= 0.6 is 0 Å². The molecule has 0 aliphatic carbocycles. The third-order valence-electron chi connectivity index (χ3n) is 2.56. The van der Waals surface area contributed by atoms with E-state index in [1.165, 1.54) is 0 Å². The number of aliphatic hydroxyl groups excluding tert-OH is 1. The van der Waals surface area contributed by atoms with E-state index in [0.717, 1.165) is 39.1 Å². The van der Waals surface area contributed by atoms with E-state index in [1.807, 2.05) is 0 Å². The molecule has 2 N–H and O–H groups in total. The molecule has 0 aromatic heterocycles. The van der Waals surface area contributed by atoms with Crippen molar-refractivity contribution in [1.29, 1.82) is 0 Å². The normalized spacial score (nSPS) is 22.5. The number of hydrogen-bond donors (Lipinski definition) is 2. The number of nitrogens with zero attached hydrogens (tertiary/aromatic N) is 1. The van der Waals surface area contributed by atoms with Crippen molar-refractivity contribution in [2.45, 2.75) is 13.3 Å². The Kier molecular flexibility index (Phi) is 4.58. The summed E-state index contributed by atoms with van der Waals surface area (Å²) in [5.41, 5.74) is 0. The van der Waals surface area contributed by atoms with Crippen LogP contribution in [-0.2, 0) is 0 Å². The van der Waals surface area contributed by atoms with E-state index in [1.54, 1.807) is 0 Å². The standard InChI is InChI=1S/C9H20N2O/c1-2-9(8-12)7-11-5-3-10-4-6-11/h9-10,12H,2-8H2,1H3. The number of rotatable bonds is 4. The van der Waals surface area contributed by atoms with Gasteiger partial charge in [0.2, 0.25) is 0 Å². The Morgan fingerprint density at radius 1 is 1.42 bits per heavy atom. The van der Waals surface area contributed by atoms with Gasteiger partial charge >= 0.3 is 0 Å². The molecule has 0 bridgehead atoms. The first-order chi connectivity index (χ1) is 5.86. The largest absolute Gasteiger partial charge is 0.396 e. The zero-order chi connectivity index (χ0) is 8.81. The molecule has 1 atom stereocenters. The van der Waals surface area contributed by atoms with Gasteiger partial charge in [-0.3, -0.25) is 0 Å². The lowest BCUT2D eigenvalue weighted by molar-refractivity contribution is 0.149. The van der Waals surface area contributed by atoms with Crippen LogP contribution in [0.15, 0.2) is 0 Å². The van der Waals surface area contributed by atoms with Crippen LogP contribution in [0.5, 0.6) is 0 Å². The van der Waals surface area contributed by atoms with Gasteiger partial charge in [0, 0.05) is 39.3 Å². The predicted molar refractivity (Wildman–Crippen MR) is 50.2 cm³/mol. The molecule has 1 unspecified atom stereocenters. The third-order valence-corrected chi connectivity index (χ3v) is 2.56. The minimum absolute atomic E-state index is 0.334. The highest BCUT2D eigenvalue weighted by atomic mass is 16.3. The summed E-state index contributed by atoms with van der Waals surface area (Å²) in [7, 11) is 0. The fourth-order valence-corrected chi connectivity index (χ4v) is 1.57. The first-order valence-electron chi connectivity index (χ1n) is 4.90. The van der Waals surface area contributed by atoms with Crippen molar-refractivity contribution in [1.82, 2.24) is 10.2 Å². The van der Waals surface area contributed by atoms with E-state index in [0.29, 0.717) is 12.5 Å². The number of nitrogens with one attached hydrogen (secondary N) is 1. The summed E-state index contributed by atoms with van der Waals surface area (Å²) in [6.07, 6.45) is 1.08. The van der Waals surface area contributed by atoms with E-state index < -0.39 is 0 Å². The number of aliphatic hydroxyl groups is 1. The average Bonchev–Trinajstić information content (AvgIpc) is 2.16. The average molecular weight is 172 g/mol. The molecule has 0 saturated carbocycles. The summed E-state index contributed by atoms with van der Waals surface area (Å²) in [5.74, 6) is 0.475. The van der Waals surface area contributed by atoms with E-state index in [4.69, 9.17) is 5.11 Å². The van der Waals surface area contributed by atoms with Crippen LogP contribution in [0.2, 0.25) is 0 Å². The summed E-state index contributed by atoms with van der Waals surface area (Å²) in [6, 6.07) is 0. The highest BCUT2D eigenvalue weighted by Gasteiger charge is 2.13. The summed E-state index contributed by atoms with van der Waals surface area (Å²) in [5, 5.41) is 12.3. The maximum atomic E-state index is 9.01. The van der Waals surface area contributed by atoms with Crippen molar-refractivity contribution in [3.8, 4) is 0 Å². The monoisotopic (exact) mass is 172 g/mol. The van der Waals surface area contributed by atoms with Crippen LogP contribution in [0.25, 0.3) is 0 Å². The van der Waals surface area contributed by atoms with Crippen LogP contribution in [0.4, 0.5) is 0 Å². The summed E-state index contributed by atoms with van der Waals surface area (Å²) >= 11 is 0. The summed E-state index contributed by atoms with van der Waals surface area (Å²) in [6.45, 7) is 8.01. The van der Waals surface area contributed by atoms with Gasteiger partial charge in [-0.05, 0) is 12.3 Å². The molecular formula is C9H20N2O. The maximum Gasteiger partial charge on any atom is 0.0471 e. The molecular weight excluding hydrogens is 152 g/mol. The zero-order valence-electron chi connectivity index (χ0n) is 7.92. The van der Waals surface area contributed by atoms with Gasteiger partial charge in [0.15, 0.2) is 0 Å². The lowest BCUT2D eigenvalue weighted by Gasteiger charge is -2.29. The van der Waals surface area contributed by atoms with Crippen molar-refractivity contribution in [3.05, 3.63) is 0 Å². The predicted octanol–water partition coefficient (Wildman–Crippen LogP) is -0.0899. The third kappa shape index (κ3) is 3.09. The first-order valence-corrected chi connectivity index (χ1v) is 4.90. The van der Waals surface area contributed by atoms with Crippen molar-refractivity contribution < 1.29 is 5.11 Å². The number of hydrogen-bond acceptors (Lipinski definition) is 3. The molecule has 0 amide bonds. The molecule has 0 radical (unpaired) electrons. The highest BCUT2D eigenvalue weighted by molar-refractivity contribution is 4.70. The van der Waals surface area contributed by atoms with Crippen molar-refractivity contribution >= 4 is 0 Å². The zero-order valence-corrected chi connectivity index (χ0v) is 7.92. The molecule has 12 heavy (non-hydrogen) atoms. The van der Waals surface area contributed by atoms with Crippen molar-refractivity contribution in [3.63, 3.8) is 0 Å². The Morgan fingerprint density at radius 2 is 2.08 bits per heavy atom. The van der Waals surface area contributed by atoms with Crippen molar-refractivity contribution in [2.75, 3.05) is 39.3 Å². The molecule has 1 aliphatic heterocycles. The fourth-order valence-electron chi connectivity index (χ4n) is 1.57. The van der Waals surface area contributed by atoms with Crippen LogP contribution in [0.3, 0.4) is 0 Å². The molecule has 1 fully saturated rings. The van der Waals surface area contributed by atoms with E-state index in [2.05, 4.69) is 17.1 Å². The fraction of sp³-hybridized carbons (Fsp3) is 1.00. The molecule has 1 saturated heterocycles. The molecule has 0 aromatic carbocycles. The van der Waals surface area contributed by atoms with Gasteiger partial charge in [0.1, 0.15) is 0 Å². The van der Waals surface area contributed by atoms with E-state index in [-0.39, 0.29) is 0 Å². The SMILES string of the molecule is CCC(CO)CN1CCNCC1. The quantitative estimate of drug-likeness (QED) is 0.622. The van der Waals surface area contributed by atoms with Gasteiger partial charge in [0.05, 0.1) is 0 Å². The topological polar surface area (TPSA) is 35.5 Å². The smallest absolute Gasteiger partial charge is 0.0471 e. The van der Waals surface area contributed by atoms with Crippen LogP contribution in [0, 0.1) is 5.92 Å². The molecule has 3 nitrogen and oxygen atoms in total. The van der Waals surface area contributed by atoms with Crippen LogP contribution in [0.1, 0.15) is 13.3 Å². The van der Waals surface area contributed by atoms with Gasteiger partial charge in [-0.15, -0.1) is 0 Å². The molecule has 1 aliphatic rings. The second-order valence-electron chi connectivity index (χ2n) is 3.51. The Morgan fingerprint density at radius 3 is 2.58 bits per heavy atom. The van der Waals surface area contributed by atoms with E-state index >= 15 is 0 Å². The molecule has 1 heterocycles. The Labute approximate surface area is 74.8 Å². The lowest BCUT2D eigenvalue weighted by atomic mass is 10.1. The van der Waals surface area contributed by atoms with Gasteiger partial charge in [-0.2, -0.15) is 0 Å². The second-order valence-corrected chi connectivity index (χ2v) is 3.51. The van der Waals surface area contributed by atoms with Crippen LogP contribution < -0.4 is 5.32 Å². The Hall–Kier alpha value is -0.120. The molecule has 0 aromatic rings. The minimum atomic E-state index is 0.334. The number of piperazine rings is 1. The van der Waals surface area contributed by atoms with Crippen molar-refractivity contribution in [2.24, 2.45) is 5.92 Å². The van der Waals surface area contributed by atoms with Gasteiger partial charge in [-0.25, -0.2) is 0 Å². The molecule has 1 rings (SSSR count). The maximum absolute atomic E-state index is 9.01.